The summed E-state index contributed by atoms with van der Waals surface area (Å²) in [6.07, 6.45) is 3.25. The zero-order valence-corrected chi connectivity index (χ0v) is 15.1. The first-order valence-corrected chi connectivity index (χ1v) is 9.13. The summed E-state index contributed by atoms with van der Waals surface area (Å²) in [4.78, 5) is 38.3. The van der Waals surface area contributed by atoms with Crippen molar-refractivity contribution in [2.75, 3.05) is 6.54 Å². The maximum atomic E-state index is 12.5. The molecule has 0 saturated heterocycles. The Hall–Kier alpha value is -2.17. The second-order valence-electron chi connectivity index (χ2n) is 7.74. The van der Waals surface area contributed by atoms with Gasteiger partial charge >= 0.3 is 0 Å². The van der Waals surface area contributed by atoms with Crippen LogP contribution in [0.3, 0.4) is 0 Å². The van der Waals surface area contributed by atoms with E-state index < -0.39 is 0 Å². The number of rotatable bonds is 4. The normalized spacial score (nSPS) is 26.1. The van der Waals surface area contributed by atoms with E-state index in [4.69, 9.17) is 0 Å². The maximum absolute atomic E-state index is 12.5. The molecule has 3 amide bonds. The number of hydrogen-bond acceptors (Lipinski definition) is 3. The Balaban J connectivity index is 1.67. The number of hydrogen-bond donors (Lipinski definition) is 1. The molecule has 1 aromatic rings. The molecule has 25 heavy (non-hydrogen) atoms. The molecule has 0 radical (unpaired) electrons. The standard InChI is InChI=1S/C20H26N2O3/c1-12(2)14-9-8-13(3)10-17(14)21-18(23)11-22-19(24)15-6-4-5-7-16(15)20(22)25/h4-7,12-14,17H,8-11H2,1-3H3,(H,21,23). The minimum Gasteiger partial charge on any atom is -0.352 e. The lowest BCUT2D eigenvalue weighted by molar-refractivity contribution is -0.123. The third kappa shape index (κ3) is 3.46. The van der Waals surface area contributed by atoms with E-state index >= 15 is 0 Å². The molecular weight excluding hydrogens is 316 g/mol. The Morgan fingerprint density at radius 3 is 2.32 bits per heavy atom. The van der Waals surface area contributed by atoms with Crippen LogP contribution in [0, 0.1) is 17.8 Å². The summed E-state index contributed by atoms with van der Waals surface area (Å²) < 4.78 is 0. The van der Waals surface area contributed by atoms with Gasteiger partial charge in [-0.2, -0.15) is 0 Å². The molecule has 1 saturated carbocycles. The van der Waals surface area contributed by atoms with E-state index in [1.165, 1.54) is 6.42 Å². The van der Waals surface area contributed by atoms with Crippen molar-refractivity contribution in [1.82, 2.24) is 10.2 Å². The summed E-state index contributed by atoms with van der Waals surface area (Å²) in [6, 6.07) is 6.83. The average molecular weight is 342 g/mol. The number of fused-ring (bicyclic) bond motifs is 1. The number of nitrogens with one attached hydrogen (secondary N) is 1. The topological polar surface area (TPSA) is 66.5 Å². The van der Waals surface area contributed by atoms with Gasteiger partial charge in [-0.05, 0) is 42.7 Å². The van der Waals surface area contributed by atoms with Crippen LogP contribution in [0.5, 0.6) is 0 Å². The minimum atomic E-state index is -0.381. The van der Waals surface area contributed by atoms with Crippen LogP contribution in [0.2, 0.25) is 0 Å². The number of nitrogens with zero attached hydrogens (tertiary/aromatic N) is 1. The summed E-state index contributed by atoms with van der Waals surface area (Å²) in [5.74, 6) is 0.514. The van der Waals surface area contributed by atoms with Crippen LogP contribution in [-0.4, -0.2) is 35.2 Å². The van der Waals surface area contributed by atoms with Crippen molar-refractivity contribution in [3.63, 3.8) is 0 Å². The molecule has 0 aromatic heterocycles. The van der Waals surface area contributed by atoms with Crippen LogP contribution >= 0.6 is 0 Å². The van der Waals surface area contributed by atoms with Gasteiger partial charge in [0.25, 0.3) is 11.8 Å². The summed E-state index contributed by atoms with van der Waals surface area (Å²) in [5, 5.41) is 3.09. The Kier molecular flexibility index (Phi) is 4.93. The van der Waals surface area contributed by atoms with E-state index in [1.54, 1.807) is 24.3 Å². The van der Waals surface area contributed by atoms with Crippen molar-refractivity contribution in [3.8, 4) is 0 Å². The molecule has 1 N–H and O–H groups in total. The Morgan fingerprint density at radius 1 is 1.16 bits per heavy atom. The first-order valence-electron chi connectivity index (χ1n) is 9.13. The molecule has 5 heteroatoms. The van der Waals surface area contributed by atoms with E-state index in [0.29, 0.717) is 28.9 Å². The summed E-state index contributed by atoms with van der Waals surface area (Å²) >= 11 is 0. The third-order valence-corrected chi connectivity index (χ3v) is 5.55. The molecule has 1 fully saturated rings. The molecule has 0 bridgehead atoms. The number of benzene rings is 1. The predicted molar refractivity (Wildman–Crippen MR) is 95.1 cm³/mol. The lowest BCUT2D eigenvalue weighted by Gasteiger charge is -2.38. The van der Waals surface area contributed by atoms with Crippen molar-refractivity contribution in [2.24, 2.45) is 17.8 Å². The summed E-state index contributed by atoms with van der Waals surface area (Å²) in [6.45, 7) is 6.37. The van der Waals surface area contributed by atoms with Crippen molar-refractivity contribution >= 4 is 17.7 Å². The smallest absolute Gasteiger partial charge is 0.262 e. The number of amides is 3. The SMILES string of the molecule is CC1CCC(C(C)C)C(NC(=O)CN2C(=O)c3ccccc3C2=O)C1. The van der Waals surface area contributed by atoms with E-state index in [0.717, 1.165) is 17.7 Å². The van der Waals surface area contributed by atoms with Gasteiger partial charge in [0.05, 0.1) is 11.1 Å². The van der Waals surface area contributed by atoms with Crippen LogP contribution in [0.25, 0.3) is 0 Å². The first kappa shape index (κ1) is 17.6. The number of carbonyl (C=O) groups is 3. The minimum absolute atomic E-state index is 0.117. The molecule has 1 aliphatic carbocycles. The molecule has 3 unspecified atom stereocenters. The molecule has 1 aliphatic heterocycles. The largest absolute Gasteiger partial charge is 0.352 e. The fraction of sp³-hybridized carbons (Fsp3) is 0.550. The highest BCUT2D eigenvalue weighted by molar-refractivity contribution is 6.22. The number of carbonyl (C=O) groups excluding carboxylic acids is 3. The average Bonchev–Trinajstić information content (AvgIpc) is 2.80. The maximum Gasteiger partial charge on any atom is 0.262 e. The van der Waals surface area contributed by atoms with Crippen molar-refractivity contribution in [2.45, 2.75) is 46.1 Å². The lowest BCUT2D eigenvalue weighted by atomic mass is 9.74. The summed E-state index contributed by atoms with van der Waals surface area (Å²) in [5.41, 5.74) is 0.762. The van der Waals surface area contributed by atoms with Gasteiger partial charge in [-0.1, -0.05) is 39.3 Å². The van der Waals surface area contributed by atoms with E-state index in [-0.39, 0.29) is 30.3 Å². The fourth-order valence-corrected chi connectivity index (χ4v) is 4.15. The third-order valence-electron chi connectivity index (χ3n) is 5.55. The van der Waals surface area contributed by atoms with E-state index in [9.17, 15) is 14.4 Å². The number of imide groups is 1. The molecule has 1 aromatic carbocycles. The highest BCUT2D eigenvalue weighted by atomic mass is 16.2. The second-order valence-corrected chi connectivity index (χ2v) is 7.74. The van der Waals surface area contributed by atoms with Gasteiger partial charge in [0.15, 0.2) is 0 Å². The van der Waals surface area contributed by atoms with Crippen LogP contribution in [0.15, 0.2) is 24.3 Å². The van der Waals surface area contributed by atoms with E-state index in [2.05, 4.69) is 26.1 Å². The van der Waals surface area contributed by atoms with Gasteiger partial charge in [0.1, 0.15) is 6.54 Å². The Bertz CT molecular complexity index is 663. The lowest BCUT2D eigenvalue weighted by Crippen LogP contribution is -2.49. The molecule has 0 spiro atoms. The van der Waals surface area contributed by atoms with Gasteiger partial charge in [-0.3, -0.25) is 19.3 Å². The molecule has 3 rings (SSSR count). The summed E-state index contributed by atoms with van der Waals surface area (Å²) in [7, 11) is 0. The Labute approximate surface area is 148 Å². The Morgan fingerprint density at radius 2 is 1.76 bits per heavy atom. The quantitative estimate of drug-likeness (QED) is 0.856. The molecule has 1 heterocycles. The molecule has 3 atom stereocenters. The highest BCUT2D eigenvalue weighted by Gasteiger charge is 2.37. The predicted octanol–water partition coefficient (Wildman–Crippen LogP) is 2.86. The van der Waals surface area contributed by atoms with Crippen LogP contribution < -0.4 is 5.32 Å². The zero-order chi connectivity index (χ0) is 18.1. The van der Waals surface area contributed by atoms with Crippen molar-refractivity contribution in [1.29, 1.82) is 0 Å². The highest BCUT2D eigenvalue weighted by Crippen LogP contribution is 2.33. The molecule has 134 valence electrons. The first-order chi connectivity index (χ1) is 11.9. The second kappa shape index (κ2) is 6.98. The zero-order valence-electron chi connectivity index (χ0n) is 15.1. The monoisotopic (exact) mass is 342 g/mol. The van der Waals surface area contributed by atoms with Gasteiger partial charge in [0.2, 0.25) is 5.91 Å². The molecule has 2 aliphatic rings. The van der Waals surface area contributed by atoms with Gasteiger partial charge in [-0.15, -0.1) is 0 Å². The molecular formula is C20H26N2O3. The van der Waals surface area contributed by atoms with E-state index in [1.807, 2.05) is 0 Å². The van der Waals surface area contributed by atoms with Gasteiger partial charge < -0.3 is 5.32 Å². The van der Waals surface area contributed by atoms with Crippen LogP contribution in [0.4, 0.5) is 0 Å². The van der Waals surface area contributed by atoms with Crippen LogP contribution in [0.1, 0.15) is 60.7 Å². The fourth-order valence-electron chi connectivity index (χ4n) is 4.15. The van der Waals surface area contributed by atoms with Crippen molar-refractivity contribution in [3.05, 3.63) is 35.4 Å². The van der Waals surface area contributed by atoms with Crippen molar-refractivity contribution < 1.29 is 14.4 Å². The molecule has 5 nitrogen and oxygen atoms in total. The van der Waals surface area contributed by atoms with Gasteiger partial charge in [-0.25, -0.2) is 0 Å². The van der Waals surface area contributed by atoms with Crippen LogP contribution in [-0.2, 0) is 4.79 Å². The van der Waals surface area contributed by atoms with Gasteiger partial charge in [0, 0.05) is 6.04 Å².